The first-order valence-electron chi connectivity index (χ1n) is 7.16. The Hall–Kier alpha value is -1.33. The summed E-state index contributed by atoms with van der Waals surface area (Å²) in [6, 6.07) is 8.43. The van der Waals surface area contributed by atoms with E-state index < -0.39 is 0 Å². The van der Waals surface area contributed by atoms with E-state index in [9.17, 15) is 0 Å². The number of methoxy groups -OCH3 is 1. The van der Waals surface area contributed by atoms with Gasteiger partial charge in [-0.05, 0) is 54.4 Å². The largest absolute Gasteiger partial charge is 0.497 e. The molecule has 0 unspecified atom stereocenters. The summed E-state index contributed by atoms with van der Waals surface area (Å²) < 4.78 is 8.32. The molecule has 0 fully saturated rings. The molecular weight excluding hydrogens is 330 g/mol. The third kappa shape index (κ3) is 3.66. The number of aryl methyl sites for hydroxylation is 2. The molecule has 2 rings (SSSR count). The number of nitrogens with one attached hydrogen (secondary N) is 1. The van der Waals surface area contributed by atoms with Crippen LogP contribution in [0.5, 0.6) is 5.75 Å². The highest BCUT2D eigenvalue weighted by molar-refractivity contribution is 9.10. The van der Waals surface area contributed by atoms with Crippen LogP contribution in [0.4, 0.5) is 0 Å². The van der Waals surface area contributed by atoms with E-state index >= 15 is 0 Å². The zero-order valence-electron chi connectivity index (χ0n) is 13.0. The molecule has 0 saturated heterocycles. The van der Waals surface area contributed by atoms with Gasteiger partial charge in [-0.15, -0.1) is 0 Å². The van der Waals surface area contributed by atoms with Crippen molar-refractivity contribution in [2.75, 3.05) is 7.11 Å². The van der Waals surface area contributed by atoms with E-state index in [0.29, 0.717) is 0 Å². The van der Waals surface area contributed by atoms with Gasteiger partial charge in [0.25, 0.3) is 0 Å². The Kier molecular flexibility index (Phi) is 5.42. The Balaban J connectivity index is 2.05. The number of ether oxygens (including phenoxy) is 1. The minimum Gasteiger partial charge on any atom is -0.497 e. The van der Waals surface area contributed by atoms with Crippen molar-refractivity contribution in [3.8, 4) is 5.75 Å². The van der Waals surface area contributed by atoms with Gasteiger partial charge in [-0.1, -0.05) is 12.1 Å². The summed E-state index contributed by atoms with van der Waals surface area (Å²) in [6.45, 7) is 7.94. The number of hydrogen-bond donors (Lipinski definition) is 1. The molecule has 0 amide bonds. The monoisotopic (exact) mass is 351 g/mol. The van der Waals surface area contributed by atoms with Crippen molar-refractivity contribution < 1.29 is 4.74 Å². The summed E-state index contributed by atoms with van der Waals surface area (Å²) in [5.74, 6) is 0.883. The minimum atomic E-state index is 0.267. The predicted octanol–water partition coefficient (Wildman–Crippen LogP) is 3.83. The Bertz CT molecular complexity index is 592. The summed E-state index contributed by atoms with van der Waals surface area (Å²) >= 11 is 3.63. The van der Waals surface area contributed by atoms with Crippen LogP contribution >= 0.6 is 15.9 Å². The molecule has 0 aliphatic carbocycles. The van der Waals surface area contributed by atoms with Crippen LogP contribution in [0.1, 0.15) is 36.8 Å². The molecule has 4 nitrogen and oxygen atoms in total. The summed E-state index contributed by atoms with van der Waals surface area (Å²) in [5, 5.41) is 8.07. The van der Waals surface area contributed by atoms with Gasteiger partial charge in [0.2, 0.25) is 0 Å². The Morgan fingerprint density at radius 3 is 2.57 bits per heavy atom. The molecule has 1 N–H and O–H groups in total. The van der Waals surface area contributed by atoms with Gasteiger partial charge >= 0.3 is 0 Å². The number of aromatic nitrogens is 2. The average molecular weight is 352 g/mol. The average Bonchev–Trinajstić information content (AvgIpc) is 2.79. The fourth-order valence-electron chi connectivity index (χ4n) is 2.30. The molecule has 0 bridgehead atoms. The van der Waals surface area contributed by atoms with Crippen LogP contribution in [-0.2, 0) is 13.1 Å². The SMILES string of the molecule is CCn1nc(C)c(Br)c1CN[C@@H](C)c1ccc(OC)cc1. The van der Waals surface area contributed by atoms with Gasteiger partial charge in [0, 0.05) is 19.1 Å². The lowest BCUT2D eigenvalue weighted by Gasteiger charge is -2.15. The molecule has 0 aliphatic heterocycles. The van der Waals surface area contributed by atoms with Crippen molar-refractivity contribution in [3.63, 3.8) is 0 Å². The second kappa shape index (κ2) is 7.09. The van der Waals surface area contributed by atoms with Crippen LogP contribution in [0.25, 0.3) is 0 Å². The molecular formula is C16H22BrN3O. The zero-order valence-corrected chi connectivity index (χ0v) is 14.6. The molecule has 0 radical (unpaired) electrons. The van der Waals surface area contributed by atoms with E-state index in [1.54, 1.807) is 7.11 Å². The number of halogens is 1. The first-order chi connectivity index (χ1) is 10.1. The normalized spacial score (nSPS) is 12.4. The number of benzene rings is 1. The van der Waals surface area contributed by atoms with E-state index in [1.165, 1.54) is 11.3 Å². The van der Waals surface area contributed by atoms with Crippen LogP contribution in [0.3, 0.4) is 0 Å². The fraction of sp³-hybridized carbons (Fsp3) is 0.438. The minimum absolute atomic E-state index is 0.267. The molecule has 1 heterocycles. The van der Waals surface area contributed by atoms with Gasteiger partial charge in [-0.3, -0.25) is 4.68 Å². The summed E-state index contributed by atoms with van der Waals surface area (Å²) in [5.41, 5.74) is 3.47. The standard InChI is InChI=1S/C16H22BrN3O/c1-5-20-15(16(17)12(3)19-20)10-18-11(2)13-6-8-14(21-4)9-7-13/h6-9,11,18H,5,10H2,1-4H3/t11-/m0/s1. The van der Waals surface area contributed by atoms with Gasteiger partial charge in [-0.25, -0.2) is 0 Å². The first-order valence-corrected chi connectivity index (χ1v) is 7.95. The summed E-state index contributed by atoms with van der Waals surface area (Å²) in [4.78, 5) is 0. The third-order valence-electron chi connectivity index (χ3n) is 3.64. The van der Waals surface area contributed by atoms with Crippen LogP contribution < -0.4 is 10.1 Å². The number of rotatable bonds is 6. The van der Waals surface area contributed by atoms with Crippen molar-refractivity contribution in [1.82, 2.24) is 15.1 Å². The van der Waals surface area contributed by atoms with Crippen molar-refractivity contribution in [3.05, 3.63) is 45.7 Å². The topological polar surface area (TPSA) is 39.1 Å². The highest BCUT2D eigenvalue weighted by atomic mass is 79.9. The first kappa shape index (κ1) is 16.0. The zero-order chi connectivity index (χ0) is 15.4. The maximum Gasteiger partial charge on any atom is 0.118 e. The predicted molar refractivity (Wildman–Crippen MR) is 88.6 cm³/mol. The summed E-state index contributed by atoms with van der Waals surface area (Å²) in [6.07, 6.45) is 0. The molecule has 2 aromatic rings. The fourth-order valence-corrected chi connectivity index (χ4v) is 2.72. The second-order valence-corrected chi connectivity index (χ2v) is 5.83. The van der Waals surface area contributed by atoms with E-state index in [-0.39, 0.29) is 6.04 Å². The van der Waals surface area contributed by atoms with E-state index in [0.717, 1.165) is 29.0 Å². The molecule has 5 heteroatoms. The van der Waals surface area contributed by atoms with Gasteiger partial charge in [0.1, 0.15) is 5.75 Å². The molecule has 21 heavy (non-hydrogen) atoms. The van der Waals surface area contributed by atoms with Crippen molar-refractivity contribution in [1.29, 1.82) is 0 Å². The van der Waals surface area contributed by atoms with Gasteiger partial charge in [0.15, 0.2) is 0 Å². The Labute approximate surface area is 134 Å². The van der Waals surface area contributed by atoms with Gasteiger partial charge in [0.05, 0.1) is 23.0 Å². The second-order valence-electron chi connectivity index (χ2n) is 5.04. The Morgan fingerprint density at radius 1 is 1.33 bits per heavy atom. The van der Waals surface area contributed by atoms with Crippen LogP contribution in [0, 0.1) is 6.92 Å². The Morgan fingerprint density at radius 2 is 2.00 bits per heavy atom. The molecule has 1 aromatic carbocycles. The quantitative estimate of drug-likeness (QED) is 0.859. The maximum absolute atomic E-state index is 5.19. The maximum atomic E-state index is 5.19. The van der Waals surface area contributed by atoms with E-state index in [2.05, 4.69) is 52.3 Å². The van der Waals surface area contributed by atoms with Crippen molar-refractivity contribution in [2.45, 2.75) is 39.9 Å². The lowest BCUT2D eigenvalue weighted by Crippen LogP contribution is -2.20. The van der Waals surface area contributed by atoms with Crippen molar-refractivity contribution in [2.24, 2.45) is 0 Å². The molecule has 1 atom stereocenters. The molecule has 0 aliphatic rings. The van der Waals surface area contributed by atoms with Crippen LogP contribution in [0.2, 0.25) is 0 Å². The van der Waals surface area contributed by atoms with Crippen molar-refractivity contribution >= 4 is 15.9 Å². The molecule has 0 saturated carbocycles. The smallest absolute Gasteiger partial charge is 0.118 e. The van der Waals surface area contributed by atoms with Crippen LogP contribution in [-0.4, -0.2) is 16.9 Å². The van der Waals surface area contributed by atoms with Gasteiger partial charge < -0.3 is 10.1 Å². The lowest BCUT2D eigenvalue weighted by atomic mass is 10.1. The highest BCUT2D eigenvalue weighted by Gasteiger charge is 2.13. The number of nitrogens with zero attached hydrogens (tertiary/aromatic N) is 2. The third-order valence-corrected chi connectivity index (χ3v) is 4.68. The highest BCUT2D eigenvalue weighted by Crippen LogP contribution is 2.22. The molecule has 1 aromatic heterocycles. The van der Waals surface area contributed by atoms with E-state index in [4.69, 9.17) is 4.74 Å². The summed E-state index contributed by atoms with van der Waals surface area (Å²) in [7, 11) is 1.68. The molecule has 0 spiro atoms. The van der Waals surface area contributed by atoms with Gasteiger partial charge in [-0.2, -0.15) is 5.10 Å². The molecule has 114 valence electrons. The van der Waals surface area contributed by atoms with Crippen LogP contribution in [0.15, 0.2) is 28.7 Å². The van der Waals surface area contributed by atoms with E-state index in [1.807, 2.05) is 23.7 Å². The number of hydrogen-bond acceptors (Lipinski definition) is 3. The lowest BCUT2D eigenvalue weighted by molar-refractivity contribution is 0.414.